The third-order valence-electron chi connectivity index (χ3n) is 3.57. The first-order valence-electron chi connectivity index (χ1n) is 8.29. The molecule has 4 nitrogen and oxygen atoms in total. The maximum Gasteiger partial charge on any atom is 0.305 e. The molecule has 1 rings (SSSR count). The number of benzene rings is 1. The van der Waals surface area contributed by atoms with Crippen LogP contribution in [0.2, 0.25) is 0 Å². The Morgan fingerprint density at radius 1 is 1.08 bits per heavy atom. The van der Waals surface area contributed by atoms with E-state index in [1.54, 1.807) is 0 Å². The van der Waals surface area contributed by atoms with Crippen LogP contribution in [-0.4, -0.2) is 25.5 Å². The number of carbonyl (C=O) groups is 2. The first-order valence-corrected chi connectivity index (χ1v) is 8.29. The van der Waals surface area contributed by atoms with E-state index < -0.39 is 0 Å². The summed E-state index contributed by atoms with van der Waals surface area (Å²) in [6.45, 7) is 4.41. The Morgan fingerprint density at radius 3 is 2.46 bits per heavy atom. The quantitative estimate of drug-likeness (QED) is 0.324. The first-order chi connectivity index (χ1) is 11.5. The number of allylic oxidation sites excluding steroid dienone is 2. The molecule has 0 saturated carbocycles. The number of amides is 1. The van der Waals surface area contributed by atoms with E-state index in [9.17, 15) is 9.59 Å². The van der Waals surface area contributed by atoms with Crippen molar-refractivity contribution in [1.82, 2.24) is 5.32 Å². The Balaban J connectivity index is 2.33. The molecular weight excluding hydrogens is 302 g/mol. The van der Waals surface area contributed by atoms with Crippen LogP contribution in [0.25, 0.3) is 6.08 Å². The fourth-order valence-electron chi connectivity index (χ4n) is 2.28. The van der Waals surface area contributed by atoms with Crippen LogP contribution in [0.1, 0.15) is 45.1 Å². The average molecular weight is 329 g/mol. The van der Waals surface area contributed by atoms with Gasteiger partial charge in [0.05, 0.1) is 7.11 Å². The zero-order valence-electron chi connectivity index (χ0n) is 14.8. The molecule has 0 atom stereocenters. The number of carbonyl (C=O) groups excluding carboxylic acids is 2. The van der Waals surface area contributed by atoms with Crippen LogP contribution in [-0.2, 0) is 14.3 Å². The van der Waals surface area contributed by atoms with Gasteiger partial charge < -0.3 is 10.1 Å². The molecule has 0 bridgehead atoms. The maximum atomic E-state index is 12.0. The highest BCUT2D eigenvalue weighted by Gasteiger charge is 2.04. The second-order valence-electron chi connectivity index (χ2n) is 5.77. The smallest absolute Gasteiger partial charge is 0.305 e. The molecule has 0 aliphatic rings. The SMILES string of the molecule is COC(=O)CCCCCNC(=O)/C(C)=C/C(C)=C/c1ccccc1. The van der Waals surface area contributed by atoms with E-state index in [4.69, 9.17) is 0 Å². The van der Waals surface area contributed by atoms with Crippen molar-refractivity contribution in [3.8, 4) is 0 Å². The van der Waals surface area contributed by atoms with Gasteiger partial charge in [-0.3, -0.25) is 9.59 Å². The predicted octanol–water partition coefficient (Wildman–Crippen LogP) is 3.89. The topological polar surface area (TPSA) is 55.4 Å². The van der Waals surface area contributed by atoms with E-state index >= 15 is 0 Å². The summed E-state index contributed by atoms with van der Waals surface area (Å²) in [6, 6.07) is 10.0. The first kappa shape index (κ1) is 19.7. The van der Waals surface area contributed by atoms with Crippen LogP contribution in [0.15, 0.2) is 47.6 Å². The molecular formula is C20H27NO3. The Morgan fingerprint density at radius 2 is 1.79 bits per heavy atom. The maximum absolute atomic E-state index is 12.0. The second kappa shape index (κ2) is 11.2. The van der Waals surface area contributed by atoms with Gasteiger partial charge in [-0.25, -0.2) is 0 Å². The largest absolute Gasteiger partial charge is 0.469 e. The highest BCUT2D eigenvalue weighted by molar-refractivity contribution is 5.93. The van der Waals surface area contributed by atoms with Gasteiger partial charge in [0.2, 0.25) is 5.91 Å². The predicted molar refractivity (Wildman–Crippen MR) is 97.3 cm³/mol. The van der Waals surface area contributed by atoms with Crippen molar-refractivity contribution in [3.05, 3.63) is 53.1 Å². The summed E-state index contributed by atoms with van der Waals surface area (Å²) in [4.78, 5) is 23.0. The van der Waals surface area contributed by atoms with Gasteiger partial charge >= 0.3 is 5.97 Å². The molecule has 0 fully saturated rings. The normalized spacial score (nSPS) is 12.0. The van der Waals surface area contributed by atoms with E-state index in [0.29, 0.717) is 18.5 Å². The molecule has 0 heterocycles. The number of unbranched alkanes of at least 4 members (excludes halogenated alkanes) is 2. The van der Waals surface area contributed by atoms with Gasteiger partial charge in [-0.2, -0.15) is 0 Å². The lowest BCUT2D eigenvalue weighted by Crippen LogP contribution is -2.25. The van der Waals surface area contributed by atoms with Crippen LogP contribution in [0.4, 0.5) is 0 Å². The average Bonchev–Trinajstić information content (AvgIpc) is 2.58. The Hall–Kier alpha value is -2.36. The van der Waals surface area contributed by atoms with E-state index in [0.717, 1.165) is 30.4 Å². The fourth-order valence-corrected chi connectivity index (χ4v) is 2.28. The number of ether oxygens (including phenoxy) is 1. The fraction of sp³-hybridized carbons (Fsp3) is 0.400. The zero-order valence-corrected chi connectivity index (χ0v) is 14.8. The molecule has 1 aromatic carbocycles. The van der Waals surface area contributed by atoms with Gasteiger partial charge in [0.15, 0.2) is 0 Å². The van der Waals surface area contributed by atoms with Gasteiger partial charge in [0.25, 0.3) is 0 Å². The van der Waals surface area contributed by atoms with Gasteiger partial charge in [-0.1, -0.05) is 54.5 Å². The highest BCUT2D eigenvalue weighted by atomic mass is 16.5. The molecule has 0 aromatic heterocycles. The number of hydrogen-bond donors (Lipinski definition) is 1. The molecule has 130 valence electrons. The minimum Gasteiger partial charge on any atom is -0.469 e. The van der Waals surface area contributed by atoms with Crippen LogP contribution in [0.5, 0.6) is 0 Å². The van der Waals surface area contributed by atoms with Crippen molar-refractivity contribution in [3.63, 3.8) is 0 Å². The molecule has 0 radical (unpaired) electrons. The van der Waals surface area contributed by atoms with Crippen LogP contribution >= 0.6 is 0 Å². The summed E-state index contributed by atoms with van der Waals surface area (Å²) < 4.78 is 4.58. The second-order valence-corrected chi connectivity index (χ2v) is 5.77. The molecule has 0 spiro atoms. The van der Waals surface area contributed by atoms with Crippen molar-refractivity contribution >= 4 is 18.0 Å². The van der Waals surface area contributed by atoms with Crippen molar-refractivity contribution in [2.45, 2.75) is 39.5 Å². The molecule has 0 saturated heterocycles. The molecule has 0 unspecified atom stereocenters. The summed E-state index contributed by atoms with van der Waals surface area (Å²) in [5.74, 6) is -0.234. The minimum absolute atomic E-state index is 0.0521. The molecule has 1 amide bonds. The van der Waals surface area contributed by atoms with E-state index in [1.165, 1.54) is 7.11 Å². The van der Waals surface area contributed by atoms with Gasteiger partial charge in [0.1, 0.15) is 0 Å². The molecule has 24 heavy (non-hydrogen) atoms. The summed E-state index contributed by atoms with van der Waals surface area (Å²) in [5.41, 5.74) is 2.84. The molecule has 0 aliphatic heterocycles. The van der Waals surface area contributed by atoms with Crippen molar-refractivity contribution < 1.29 is 14.3 Å². The summed E-state index contributed by atoms with van der Waals surface area (Å²) in [5, 5.41) is 2.90. The summed E-state index contributed by atoms with van der Waals surface area (Å²) in [6.07, 6.45) is 6.91. The molecule has 4 heteroatoms. The van der Waals surface area contributed by atoms with E-state index in [2.05, 4.69) is 10.1 Å². The molecule has 0 aliphatic carbocycles. The van der Waals surface area contributed by atoms with Crippen molar-refractivity contribution in [1.29, 1.82) is 0 Å². The third-order valence-corrected chi connectivity index (χ3v) is 3.57. The van der Waals surface area contributed by atoms with Gasteiger partial charge in [-0.05, 0) is 32.3 Å². The van der Waals surface area contributed by atoms with Crippen LogP contribution in [0.3, 0.4) is 0 Å². The van der Waals surface area contributed by atoms with Gasteiger partial charge in [0, 0.05) is 18.5 Å². The van der Waals surface area contributed by atoms with Crippen molar-refractivity contribution in [2.75, 3.05) is 13.7 Å². The number of nitrogens with one attached hydrogen (secondary N) is 1. The van der Waals surface area contributed by atoms with Gasteiger partial charge in [-0.15, -0.1) is 0 Å². The van der Waals surface area contributed by atoms with Crippen LogP contribution in [0, 0.1) is 0 Å². The zero-order chi connectivity index (χ0) is 17.8. The molecule has 1 N–H and O–H groups in total. The molecule has 1 aromatic rings. The number of esters is 1. The number of methoxy groups -OCH3 is 1. The highest BCUT2D eigenvalue weighted by Crippen LogP contribution is 2.09. The monoisotopic (exact) mass is 329 g/mol. The minimum atomic E-state index is -0.182. The summed E-state index contributed by atoms with van der Waals surface area (Å²) >= 11 is 0. The van der Waals surface area contributed by atoms with Crippen molar-refractivity contribution in [2.24, 2.45) is 0 Å². The lowest BCUT2D eigenvalue weighted by molar-refractivity contribution is -0.140. The Bertz CT molecular complexity index is 588. The summed E-state index contributed by atoms with van der Waals surface area (Å²) in [7, 11) is 1.39. The third kappa shape index (κ3) is 8.32. The number of hydrogen-bond acceptors (Lipinski definition) is 3. The number of rotatable bonds is 9. The lowest BCUT2D eigenvalue weighted by Gasteiger charge is -2.06. The van der Waals surface area contributed by atoms with E-state index in [-0.39, 0.29) is 11.9 Å². The standard InChI is InChI=1S/C20H27NO3/c1-16(15-18-10-6-4-7-11-18)14-17(2)20(23)21-13-9-5-8-12-19(22)24-3/h4,6-7,10-11,14-15H,5,8-9,12-13H2,1-3H3,(H,21,23)/b16-15+,17-14+. The lowest BCUT2D eigenvalue weighted by atomic mass is 10.1. The Labute approximate surface area is 144 Å². The van der Waals surface area contributed by atoms with Crippen LogP contribution < -0.4 is 5.32 Å². The van der Waals surface area contributed by atoms with E-state index in [1.807, 2.05) is 56.3 Å². The Kier molecular flexibility index (Phi) is 9.20.